The van der Waals surface area contributed by atoms with E-state index in [0.717, 1.165) is 49.2 Å². The van der Waals surface area contributed by atoms with Crippen LogP contribution in [0, 0.1) is 0 Å². The fourth-order valence-electron chi connectivity index (χ4n) is 5.09. The van der Waals surface area contributed by atoms with Crippen molar-refractivity contribution in [3.63, 3.8) is 0 Å². The smallest absolute Gasteiger partial charge is 0.272 e. The minimum Gasteiger partial charge on any atom is -0.313 e. The molecule has 4 rings (SSSR count). The summed E-state index contributed by atoms with van der Waals surface area (Å²) >= 11 is 1.34. The predicted octanol–water partition coefficient (Wildman–Crippen LogP) is 4.93. The van der Waals surface area contributed by atoms with E-state index < -0.39 is 27.7 Å². The lowest BCUT2D eigenvalue weighted by atomic mass is 10.0. The molecule has 2 aromatic carbocycles. The molecule has 0 fully saturated rings. The number of amides is 3. The lowest BCUT2D eigenvalue weighted by molar-refractivity contribution is -0.119. The van der Waals surface area contributed by atoms with Crippen molar-refractivity contribution in [3.8, 4) is 0 Å². The summed E-state index contributed by atoms with van der Waals surface area (Å²) < 4.78 is 28.2. The lowest BCUT2D eigenvalue weighted by Crippen LogP contribution is -2.41. The van der Waals surface area contributed by atoms with Crippen LogP contribution in [0.15, 0.2) is 59.5 Å². The number of sulfonamides is 1. The van der Waals surface area contributed by atoms with Gasteiger partial charge >= 0.3 is 0 Å². The van der Waals surface area contributed by atoms with Gasteiger partial charge in [-0.1, -0.05) is 57.0 Å². The summed E-state index contributed by atoms with van der Waals surface area (Å²) in [6.07, 6.45) is 3.93. The zero-order chi connectivity index (χ0) is 31.7. The van der Waals surface area contributed by atoms with E-state index in [1.165, 1.54) is 52.4 Å². The maximum atomic E-state index is 13.4. The maximum Gasteiger partial charge on any atom is 0.272 e. The Kier molecular flexibility index (Phi) is 11.7. The molecule has 10 nitrogen and oxygen atoms in total. The van der Waals surface area contributed by atoms with Crippen LogP contribution < -0.4 is 16.2 Å². The molecule has 12 heteroatoms. The number of rotatable bonds is 13. The van der Waals surface area contributed by atoms with Gasteiger partial charge in [0.1, 0.15) is 5.00 Å². The number of anilines is 1. The van der Waals surface area contributed by atoms with Crippen molar-refractivity contribution < 1.29 is 22.8 Å². The SMILES string of the molecule is CCCCN(CCCC)S(=O)(=O)c1ccc(C(=O)Nc2sc3c(c2C(=O)NNC(C)=O)CCN(Cc2ccccc2)C3)cc1. The number of thiophene rings is 1. The van der Waals surface area contributed by atoms with E-state index in [-0.39, 0.29) is 10.5 Å². The van der Waals surface area contributed by atoms with Crippen LogP contribution in [0.5, 0.6) is 0 Å². The van der Waals surface area contributed by atoms with Gasteiger partial charge in [0.2, 0.25) is 15.9 Å². The Morgan fingerprint density at radius 3 is 2.18 bits per heavy atom. The molecule has 44 heavy (non-hydrogen) atoms. The number of fused-ring (bicyclic) bond motifs is 1. The third kappa shape index (κ3) is 8.32. The van der Waals surface area contributed by atoms with E-state index in [4.69, 9.17) is 0 Å². The zero-order valence-electron chi connectivity index (χ0n) is 25.5. The van der Waals surface area contributed by atoms with Gasteiger partial charge in [-0.25, -0.2) is 8.42 Å². The van der Waals surface area contributed by atoms with Gasteiger partial charge in [-0.15, -0.1) is 11.3 Å². The number of carbonyl (C=O) groups is 3. The Morgan fingerprint density at radius 1 is 0.909 bits per heavy atom. The normalized spacial score (nSPS) is 13.4. The van der Waals surface area contributed by atoms with Crippen LogP contribution in [0.2, 0.25) is 0 Å². The standard InChI is InChI=1S/C32H41N5O5S2/c1-4-6-18-37(19-7-5-2)44(41,42)26-15-13-25(14-16-26)30(39)33-32-29(31(40)35-34-23(3)38)27-17-20-36(22-28(27)43-32)21-24-11-9-8-10-12-24/h8-16H,4-7,17-22H2,1-3H3,(H,33,39)(H,34,38)(H,35,40). The topological polar surface area (TPSA) is 128 Å². The molecule has 0 spiro atoms. The van der Waals surface area contributed by atoms with Crippen LogP contribution in [0.25, 0.3) is 0 Å². The molecule has 1 aliphatic heterocycles. The van der Waals surface area contributed by atoms with Crippen LogP contribution in [-0.4, -0.2) is 55.0 Å². The van der Waals surface area contributed by atoms with Crippen molar-refractivity contribution >= 4 is 44.1 Å². The minimum absolute atomic E-state index is 0.140. The summed E-state index contributed by atoms with van der Waals surface area (Å²) in [5.74, 6) is -1.39. The first-order valence-corrected chi connectivity index (χ1v) is 17.3. The van der Waals surface area contributed by atoms with E-state index in [1.54, 1.807) is 0 Å². The monoisotopic (exact) mass is 639 g/mol. The summed E-state index contributed by atoms with van der Waals surface area (Å²) in [5, 5.41) is 3.26. The highest BCUT2D eigenvalue weighted by molar-refractivity contribution is 7.89. The summed E-state index contributed by atoms with van der Waals surface area (Å²) in [4.78, 5) is 41.5. The highest BCUT2D eigenvalue weighted by Gasteiger charge is 2.30. The van der Waals surface area contributed by atoms with Gasteiger partial charge in [0.15, 0.2) is 0 Å². The van der Waals surface area contributed by atoms with Gasteiger partial charge in [-0.05, 0) is 54.7 Å². The average Bonchev–Trinajstić information content (AvgIpc) is 3.37. The maximum absolute atomic E-state index is 13.4. The number of carbonyl (C=O) groups excluding carboxylic acids is 3. The van der Waals surface area contributed by atoms with Crippen molar-refractivity contribution in [2.75, 3.05) is 25.0 Å². The van der Waals surface area contributed by atoms with Gasteiger partial charge in [0.05, 0.1) is 10.5 Å². The van der Waals surface area contributed by atoms with Crippen LogP contribution in [0.4, 0.5) is 5.00 Å². The molecule has 3 aromatic rings. The zero-order valence-corrected chi connectivity index (χ0v) is 27.2. The summed E-state index contributed by atoms with van der Waals surface area (Å²) in [7, 11) is -3.70. The Labute approximate surface area is 263 Å². The summed E-state index contributed by atoms with van der Waals surface area (Å²) in [6.45, 7) is 8.36. The minimum atomic E-state index is -3.70. The molecule has 3 amide bonds. The molecule has 236 valence electrons. The van der Waals surface area contributed by atoms with Gasteiger partial charge in [-0.3, -0.25) is 30.1 Å². The molecule has 2 heterocycles. The second-order valence-electron chi connectivity index (χ2n) is 10.9. The Morgan fingerprint density at radius 2 is 1.57 bits per heavy atom. The summed E-state index contributed by atoms with van der Waals surface area (Å²) in [5.41, 5.74) is 7.39. The molecule has 0 saturated heterocycles. The van der Waals surface area contributed by atoms with Crippen molar-refractivity contribution in [2.24, 2.45) is 0 Å². The molecule has 0 aliphatic carbocycles. The molecule has 1 aliphatic rings. The van der Waals surface area contributed by atoms with Gasteiger partial charge in [0.25, 0.3) is 11.8 Å². The second kappa shape index (κ2) is 15.4. The van der Waals surface area contributed by atoms with E-state index >= 15 is 0 Å². The molecular formula is C32H41N5O5S2. The average molecular weight is 640 g/mol. The first-order valence-electron chi connectivity index (χ1n) is 15.0. The van der Waals surface area contributed by atoms with E-state index in [1.807, 2.05) is 32.0 Å². The Hall–Kier alpha value is -3.58. The van der Waals surface area contributed by atoms with Gasteiger partial charge in [0, 0.05) is 50.1 Å². The highest BCUT2D eigenvalue weighted by Crippen LogP contribution is 2.38. The molecule has 1 aromatic heterocycles. The van der Waals surface area contributed by atoms with Crippen molar-refractivity contribution in [1.29, 1.82) is 0 Å². The van der Waals surface area contributed by atoms with Gasteiger partial charge in [-0.2, -0.15) is 4.31 Å². The fraction of sp³-hybridized carbons (Fsp3) is 0.406. The molecular weight excluding hydrogens is 599 g/mol. The van der Waals surface area contributed by atoms with Crippen molar-refractivity contribution in [1.82, 2.24) is 20.1 Å². The van der Waals surface area contributed by atoms with E-state index in [2.05, 4.69) is 33.2 Å². The van der Waals surface area contributed by atoms with Crippen LogP contribution in [0.3, 0.4) is 0 Å². The molecule has 3 N–H and O–H groups in total. The lowest BCUT2D eigenvalue weighted by Gasteiger charge is -2.27. The molecule has 0 atom stereocenters. The second-order valence-corrected chi connectivity index (χ2v) is 13.9. The number of benzene rings is 2. The first kappa shape index (κ1) is 33.3. The first-order chi connectivity index (χ1) is 21.1. The third-order valence-electron chi connectivity index (χ3n) is 7.47. The Bertz CT molecular complexity index is 1550. The van der Waals surface area contributed by atoms with Crippen LogP contribution >= 0.6 is 11.3 Å². The molecule has 0 radical (unpaired) electrons. The Balaban J connectivity index is 1.55. The fourth-order valence-corrected chi connectivity index (χ4v) is 7.89. The largest absolute Gasteiger partial charge is 0.313 e. The van der Waals surface area contributed by atoms with E-state index in [9.17, 15) is 22.8 Å². The molecule has 0 saturated carbocycles. The number of nitrogens with one attached hydrogen (secondary N) is 3. The number of hydrogen-bond donors (Lipinski definition) is 3. The quantitative estimate of drug-likeness (QED) is 0.228. The van der Waals surface area contributed by atoms with Crippen molar-refractivity contribution in [2.45, 2.75) is 70.9 Å². The molecule has 0 bridgehead atoms. The predicted molar refractivity (Wildman–Crippen MR) is 173 cm³/mol. The highest BCUT2D eigenvalue weighted by atomic mass is 32.2. The molecule has 0 unspecified atom stereocenters. The van der Waals surface area contributed by atoms with Crippen LogP contribution in [-0.2, 0) is 34.3 Å². The number of unbranched alkanes of at least 4 members (excludes halogenated alkanes) is 2. The number of nitrogens with zero attached hydrogens (tertiary/aromatic N) is 2. The van der Waals surface area contributed by atoms with Gasteiger partial charge < -0.3 is 5.32 Å². The number of hydrogen-bond acceptors (Lipinski definition) is 7. The summed E-state index contributed by atoms with van der Waals surface area (Å²) in [6, 6.07) is 16.0. The third-order valence-corrected chi connectivity index (χ3v) is 10.5. The number of hydrazine groups is 1. The van der Waals surface area contributed by atoms with Crippen LogP contribution in [0.1, 0.15) is 83.2 Å². The van der Waals surface area contributed by atoms with E-state index in [0.29, 0.717) is 36.6 Å². The van der Waals surface area contributed by atoms with Crippen molar-refractivity contribution in [3.05, 3.63) is 81.7 Å².